The molecule has 1 heterocycles. The fraction of sp³-hybridized carbons (Fsp3) is 0.229. The van der Waals surface area contributed by atoms with E-state index in [9.17, 15) is 9.59 Å². The van der Waals surface area contributed by atoms with Gasteiger partial charge in [-0.1, -0.05) is 97.4 Å². The van der Waals surface area contributed by atoms with Gasteiger partial charge in [-0.25, -0.2) is 0 Å². The number of amides is 2. The highest BCUT2D eigenvalue weighted by atomic mass is 16.2. The highest BCUT2D eigenvalue weighted by Gasteiger charge is 2.55. The average molecular weight is 530 g/mol. The summed E-state index contributed by atoms with van der Waals surface area (Å²) in [5, 5.41) is 5.71. The highest BCUT2D eigenvalue weighted by Crippen LogP contribution is 2.65. The average Bonchev–Trinajstić information content (AvgIpc) is 3.70. The Kier molecular flexibility index (Phi) is 8.82. The smallest absolute Gasteiger partial charge is 0.252 e. The fourth-order valence-electron chi connectivity index (χ4n) is 5.65. The quantitative estimate of drug-likeness (QED) is 0.199. The molecule has 2 N–H and O–H groups in total. The van der Waals surface area contributed by atoms with Gasteiger partial charge in [-0.2, -0.15) is 0 Å². The van der Waals surface area contributed by atoms with E-state index >= 15 is 0 Å². The van der Waals surface area contributed by atoms with Crippen molar-refractivity contribution < 1.29 is 9.59 Å². The van der Waals surface area contributed by atoms with Crippen LogP contribution in [0.15, 0.2) is 121 Å². The fourth-order valence-corrected chi connectivity index (χ4v) is 5.65. The maximum absolute atomic E-state index is 12.3. The molecular formula is C35H35N3O2. The molecular weight excluding hydrogens is 494 g/mol. The van der Waals surface area contributed by atoms with Gasteiger partial charge < -0.3 is 10.6 Å². The summed E-state index contributed by atoms with van der Waals surface area (Å²) >= 11 is 0. The molecule has 1 aliphatic rings. The third kappa shape index (κ3) is 6.04. The van der Waals surface area contributed by atoms with Gasteiger partial charge in [0.2, 0.25) is 5.91 Å². The molecule has 1 aliphatic carbocycles. The largest absolute Gasteiger partial charge is 0.354 e. The second kappa shape index (κ2) is 13.0. The summed E-state index contributed by atoms with van der Waals surface area (Å²) in [6.07, 6.45) is 7.49. The molecule has 0 spiro atoms. The first kappa shape index (κ1) is 27.1. The number of carbonyl (C=O) groups is 2. The number of allylic oxidation sites excluding steroid dienone is 2. The van der Waals surface area contributed by atoms with Gasteiger partial charge in [-0.3, -0.25) is 14.6 Å². The molecule has 3 aromatic carbocycles. The van der Waals surface area contributed by atoms with Gasteiger partial charge >= 0.3 is 0 Å². The lowest BCUT2D eigenvalue weighted by Gasteiger charge is -2.23. The number of pyridine rings is 1. The Morgan fingerprint density at radius 2 is 1.30 bits per heavy atom. The summed E-state index contributed by atoms with van der Waals surface area (Å²) in [4.78, 5) is 28.4. The molecule has 0 saturated carbocycles. The molecule has 0 saturated heterocycles. The van der Waals surface area contributed by atoms with E-state index < -0.39 is 0 Å². The maximum atomic E-state index is 12.3. The normalized spacial score (nSPS) is 13.5. The van der Waals surface area contributed by atoms with Crippen LogP contribution in [0.4, 0.5) is 0 Å². The second-order valence-corrected chi connectivity index (χ2v) is 10.1. The van der Waals surface area contributed by atoms with Crippen molar-refractivity contribution in [3.63, 3.8) is 0 Å². The summed E-state index contributed by atoms with van der Waals surface area (Å²) in [7, 11) is 0. The molecule has 2 amide bonds. The van der Waals surface area contributed by atoms with Crippen LogP contribution in [0.2, 0.25) is 0 Å². The topological polar surface area (TPSA) is 71.1 Å². The number of aromatic nitrogens is 1. The van der Waals surface area contributed by atoms with Crippen LogP contribution in [0, 0.1) is 0 Å². The van der Waals surface area contributed by atoms with E-state index in [1.54, 1.807) is 18.3 Å². The molecule has 40 heavy (non-hydrogen) atoms. The SMILES string of the molecule is O=C(CCCCCC1=C(c2ccccc2)C1(c1ccccc1)c1ccccc1)NCCNC(=O)c1cccnc1. The monoisotopic (exact) mass is 529 g/mol. The Bertz CT molecular complexity index is 1400. The Morgan fingerprint density at radius 1 is 0.675 bits per heavy atom. The molecule has 0 bridgehead atoms. The van der Waals surface area contributed by atoms with E-state index in [1.165, 1.54) is 34.0 Å². The van der Waals surface area contributed by atoms with Crippen LogP contribution in [0.3, 0.4) is 0 Å². The van der Waals surface area contributed by atoms with E-state index in [0.29, 0.717) is 25.1 Å². The molecule has 5 nitrogen and oxygen atoms in total. The molecule has 0 atom stereocenters. The first-order chi connectivity index (χ1) is 19.7. The molecule has 5 rings (SSSR count). The molecule has 5 heteroatoms. The third-order valence-electron chi connectivity index (χ3n) is 7.53. The lowest BCUT2D eigenvalue weighted by molar-refractivity contribution is -0.121. The Hall–Kier alpha value is -4.51. The second-order valence-electron chi connectivity index (χ2n) is 10.1. The van der Waals surface area contributed by atoms with Crippen molar-refractivity contribution >= 4 is 17.4 Å². The molecule has 0 radical (unpaired) electrons. The van der Waals surface area contributed by atoms with Crippen molar-refractivity contribution in [2.45, 2.75) is 37.5 Å². The van der Waals surface area contributed by atoms with Crippen molar-refractivity contribution in [1.82, 2.24) is 15.6 Å². The van der Waals surface area contributed by atoms with Crippen LogP contribution in [-0.4, -0.2) is 29.9 Å². The molecule has 202 valence electrons. The van der Waals surface area contributed by atoms with E-state index in [0.717, 1.165) is 25.7 Å². The number of rotatable bonds is 13. The predicted octanol–water partition coefficient (Wildman–Crippen LogP) is 6.33. The highest BCUT2D eigenvalue weighted by molar-refractivity contribution is 6.00. The minimum absolute atomic E-state index is 0.0224. The van der Waals surface area contributed by atoms with Crippen LogP contribution in [0.5, 0.6) is 0 Å². The van der Waals surface area contributed by atoms with Gasteiger partial charge in [0.15, 0.2) is 0 Å². The van der Waals surface area contributed by atoms with Crippen molar-refractivity contribution in [3.05, 3.63) is 143 Å². The molecule has 0 unspecified atom stereocenters. The Labute approximate surface area is 236 Å². The predicted molar refractivity (Wildman–Crippen MR) is 160 cm³/mol. The number of nitrogens with one attached hydrogen (secondary N) is 2. The lowest BCUT2D eigenvalue weighted by atomic mass is 9.79. The molecule has 0 aliphatic heterocycles. The van der Waals surface area contributed by atoms with Crippen molar-refractivity contribution in [2.24, 2.45) is 0 Å². The van der Waals surface area contributed by atoms with Gasteiger partial charge in [0, 0.05) is 31.9 Å². The number of carbonyl (C=O) groups excluding carboxylic acids is 2. The number of hydrogen-bond acceptors (Lipinski definition) is 3. The number of unbranched alkanes of at least 4 members (excludes halogenated alkanes) is 2. The summed E-state index contributed by atoms with van der Waals surface area (Å²) in [5.74, 6) is -0.164. The van der Waals surface area contributed by atoms with Crippen molar-refractivity contribution in [3.8, 4) is 0 Å². The summed E-state index contributed by atoms with van der Waals surface area (Å²) < 4.78 is 0. The Balaban J connectivity index is 1.14. The van der Waals surface area contributed by atoms with E-state index in [4.69, 9.17) is 0 Å². The lowest BCUT2D eigenvalue weighted by Crippen LogP contribution is -2.34. The zero-order valence-electron chi connectivity index (χ0n) is 22.7. The molecule has 1 aromatic heterocycles. The van der Waals surface area contributed by atoms with Gasteiger partial charge in [0.05, 0.1) is 11.0 Å². The van der Waals surface area contributed by atoms with Crippen LogP contribution in [-0.2, 0) is 10.2 Å². The maximum Gasteiger partial charge on any atom is 0.252 e. The van der Waals surface area contributed by atoms with Crippen molar-refractivity contribution in [1.29, 1.82) is 0 Å². The number of benzene rings is 3. The van der Waals surface area contributed by atoms with Gasteiger partial charge in [-0.05, 0) is 59.2 Å². The number of nitrogens with zero attached hydrogens (tertiary/aromatic N) is 1. The standard InChI is InChI=1S/C35H35N3O2/c39-32(37-24-25-38-34(40)28-16-13-23-36-26-28)22-12-4-11-21-31-33(27-14-5-1-6-15-27)35(31,29-17-7-2-8-18-29)30-19-9-3-10-20-30/h1-3,5-10,13-20,23,26H,4,11-12,21-22,24-25H2,(H,37,39)(H,38,40). The van der Waals surface area contributed by atoms with Crippen LogP contribution < -0.4 is 10.6 Å². The van der Waals surface area contributed by atoms with E-state index in [2.05, 4.69) is 107 Å². The van der Waals surface area contributed by atoms with Crippen LogP contribution in [0.25, 0.3) is 5.57 Å². The minimum atomic E-state index is -0.193. The Morgan fingerprint density at radius 3 is 1.93 bits per heavy atom. The first-order valence-corrected chi connectivity index (χ1v) is 14.1. The van der Waals surface area contributed by atoms with Crippen molar-refractivity contribution in [2.75, 3.05) is 13.1 Å². The first-order valence-electron chi connectivity index (χ1n) is 14.1. The third-order valence-corrected chi connectivity index (χ3v) is 7.53. The molecule has 0 fully saturated rings. The van der Waals surface area contributed by atoms with Gasteiger partial charge in [-0.15, -0.1) is 0 Å². The summed E-state index contributed by atoms with van der Waals surface area (Å²) in [6.45, 7) is 0.797. The van der Waals surface area contributed by atoms with Crippen LogP contribution in [0.1, 0.15) is 59.2 Å². The van der Waals surface area contributed by atoms with Gasteiger partial charge in [0.1, 0.15) is 0 Å². The zero-order valence-corrected chi connectivity index (χ0v) is 22.7. The van der Waals surface area contributed by atoms with Gasteiger partial charge in [0.25, 0.3) is 5.91 Å². The number of hydrogen-bond donors (Lipinski definition) is 2. The van der Waals surface area contributed by atoms with E-state index in [-0.39, 0.29) is 17.2 Å². The van der Waals surface area contributed by atoms with E-state index in [1.807, 2.05) is 0 Å². The summed E-state index contributed by atoms with van der Waals surface area (Å²) in [6, 6.07) is 35.8. The van der Waals surface area contributed by atoms with Crippen LogP contribution >= 0.6 is 0 Å². The molecule has 4 aromatic rings. The minimum Gasteiger partial charge on any atom is -0.354 e. The zero-order chi connectivity index (χ0) is 27.6. The summed E-state index contributed by atoms with van der Waals surface area (Å²) in [5.41, 5.74) is 7.11.